The van der Waals surface area contributed by atoms with Crippen molar-refractivity contribution in [2.45, 2.75) is 5.88 Å². The number of ether oxygens (including phenoxy) is 1. The van der Waals surface area contributed by atoms with Crippen molar-refractivity contribution in [3.8, 4) is 11.5 Å². The van der Waals surface area contributed by atoms with Crippen molar-refractivity contribution >= 4 is 22.5 Å². The number of alkyl halides is 1. The molecule has 0 unspecified atom stereocenters. The van der Waals surface area contributed by atoms with Crippen molar-refractivity contribution in [1.29, 1.82) is 0 Å². The molecule has 0 saturated carbocycles. The minimum Gasteiger partial charge on any atom is -0.457 e. The third-order valence-corrected chi connectivity index (χ3v) is 3.19. The van der Waals surface area contributed by atoms with E-state index in [-0.39, 0.29) is 0 Å². The van der Waals surface area contributed by atoms with Gasteiger partial charge in [0.25, 0.3) is 0 Å². The van der Waals surface area contributed by atoms with E-state index in [2.05, 4.69) is 4.98 Å². The molecular formula is C16H12ClNO. The smallest absolute Gasteiger partial charge is 0.136 e. The Bertz CT molecular complexity index is 706. The number of fused-ring (bicyclic) bond motifs is 1. The molecule has 94 valence electrons. The van der Waals surface area contributed by atoms with Gasteiger partial charge in [0.1, 0.15) is 11.5 Å². The molecule has 3 heteroatoms. The zero-order valence-electron chi connectivity index (χ0n) is 10.2. The van der Waals surface area contributed by atoms with Gasteiger partial charge >= 0.3 is 0 Å². The van der Waals surface area contributed by atoms with Gasteiger partial charge in [0.2, 0.25) is 0 Å². The number of aromatic nitrogens is 1. The zero-order valence-corrected chi connectivity index (χ0v) is 11.0. The molecule has 0 atom stereocenters. The van der Waals surface area contributed by atoms with Crippen LogP contribution in [0.15, 0.2) is 60.8 Å². The van der Waals surface area contributed by atoms with Crippen LogP contribution in [0.3, 0.4) is 0 Å². The average molecular weight is 270 g/mol. The highest BCUT2D eigenvalue weighted by atomic mass is 35.5. The molecule has 0 bridgehead atoms. The molecule has 0 N–H and O–H groups in total. The molecule has 0 saturated heterocycles. The molecule has 3 aromatic rings. The van der Waals surface area contributed by atoms with Crippen LogP contribution in [0, 0.1) is 0 Å². The quantitative estimate of drug-likeness (QED) is 0.639. The maximum atomic E-state index is 5.94. The van der Waals surface area contributed by atoms with Crippen LogP contribution in [0.4, 0.5) is 0 Å². The Hall–Kier alpha value is -2.06. The minimum atomic E-state index is 0.480. The minimum absolute atomic E-state index is 0.480. The lowest BCUT2D eigenvalue weighted by Crippen LogP contribution is -1.88. The van der Waals surface area contributed by atoms with Crippen molar-refractivity contribution in [1.82, 2.24) is 4.98 Å². The van der Waals surface area contributed by atoms with Crippen molar-refractivity contribution in [3.63, 3.8) is 0 Å². The van der Waals surface area contributed by atoms with Gasteiger partial charge in [0.05, 0.1) is 5.52 Å². The Balaban J connectivity index is 2.01. The number of benzene rings is 2. The van der Waals surface area contributed by atoms with E-state index in [0.717, 1.165) is 28.0 Å². The van der Waals surface area contributed by atoms with Crippen LogP contribution in [0.5, 0.6) is 11.5 Å². The van der Waals surface area contributed by atoms with Gasteiger partial charge in [-0.1, -0.05) is 18.2 Å². The van der Waals surface area contributed by atoms with E-state index in [1.54, 1.807) is 6.20 Å². The maximum Gasteiger partial charge on any atom is 0.136 e. The van der Waals surface area contributed by atoms with Gasteiger partial charge in [-0.2, -0.15) is 0 Å². The van der Waals surface area contributed by atoms with Gasteiger partial charge in [-0.15, -0.1) is 11.6 Å². The highest BCUT2D eigenvalue weighted by Gasteiger charge is 2.04. The van der Waals surface area contributed by atoms with Gasteiger partial charge in [0, 0.05) is 17.5 Å². The third-order valence-electron chi connectivity index (χ3n) is 2.89. The lowest BCUT2D eigenvalue weighted by Gasteiger charge is -2.09. The van der Waals surface area contributed by atoms with Crippen molar-refractivity contribution in [2.24, 2.45) is 0 Å². The summed E-state index contributed by atoms with van der Waals surface area (Å²) in [5.74, 6) is 2.07. The number of hydrogen-bond donors (Lipinski definition) is 0. The summed E-state index contributed by atoms with van der Waals surface area (Å²) in [4.78, 5) is 4.32. The molecule has 2 nitrogen and oxygen atoms in total. The number of nitrogens with zero attached hydrogens (tertiary/aromatic N) is 1. The topological polar surface area (TPSA) is 22.1 Å². The molecule has 0 aliphatic carbocycles. The van der Waals surface area contributed by atoms with Crippen LogP contribution in [-0.2, 0) is 5.88 Å². The molecule has 0 aliphatic heterocycles. The van der Waals surface area contributed by atoms with Crippen LogP contribution < -0.4 is 4.74 Å². The molecule has 1 aromatic heterocycles. The molecule has 2 aromatic carbocycles. The number of hydrogen-bond acceptors (Lipinski definition) is 2. The first-order valence-corrected chi connectivity index (χ1v) is 6.57. The summed E-state index contributed by atoms with van der Waals surface area (Å²) in [6, 6.07) is 17.5. The summed E-state index contributed by atoms with van der Waals surface area (Å²) in [5.41, 5.74) is 1.96. The van der Waals surface area contributed by atoms with E-state index in [1.165, 1.54) is 0 Å². The zero-order chi connectivity index (χ0) is 13.1. The molecule has 0 radical (unpaired) electrons. The van der Waals surface area contributed by atoms with E-state index in [9.17, 15) is 0 Å². The highest BCUT2D eigenvalue weighted by molar-refractivity contribution is 6.17. The summed E-state index contributed by atoms with van der Waals surface area (Å²) < 4.78 is 5.94. The molecule has 0 aliphatic rings. The van der Waals surface area contributed by atoms with Crippen molar-refractivity contribution in [2.75, 3.05) is 0 Å². The molecule has 3 rings (SSSR count). The van der Waals surface area contributed by atoms with E-state index in [4.69, 9.17) is 16.3 Å². The molecule has 1 heterocycles. The largest absolute Gasteiger partial charge is 0.457 e. The van der Waals surface area contributed by atoms with E-state index in [1.807, 2.05) is 54.6 Å². The first-order valence-electron chi connectivity index (χ1n) is 6.03. The Kier molecular flexibility index (Phi) is 3.34. The predicted molar refractivity (Wildman–Crippen MR) is 77.8 cm³/mol. The van der Waals surface area contributed by atoms with Crippen molar-refractivity contribution in [3.05, 3.63) is 66.4 Å². The van der Waals surface area contributed by atoms with Gasteiger partial charge in [-0.3, -0.25) is 4.98 Å². The van der Waals surface area contributed by atoms with Crippen LogP contribution in [-0.4, -0.2) is 4.98 Å². The second-order valence-corrected chi connectivity index (χ2v) is 4.48. The number of rotatable bonds is 3. The van der Waals surface area contributed by atoms with Crippen molar-refractivity contribution < 1.29 is 4.74 Å². The first kappa shape index (κ1) is 12.0. The van der Waals surface area contributed by atoms with Crippen LogP contribution in [0.25, 0.3) is 10.9 Å². The van der Waals surface area contributed by atoms with Gasteiger partial charge in [-0.25, -0.2) is 0 Å². The fourth-order valence-corrected chi connectivity index (χ4v) is 2.15. The number of pyridine rings is 1. The summed E-state index contributed by atoms with van der Waals surface area (Å²) in [5, 5.41) is 1.00. The predicted octanol–water partition coefficient (Wildman–Crippen LogP) is 4.77. The molecular weight excluding hydrogens is 258 g/mol. The fraction of sp³-hybridized carbons (Fsp3) is 0.0625. The van der Waals surface area contributed by atoms with Gasteiger partial charge in [0.15, 0.2) is 0 Å². The SMILES string of the molecule is ClCc1cccc(Oc2cccc3ncccc23)c1. The summed E-state index contributed by atoms with van der Waals surface area (Å²) >= 11 is 5.83. The summed E-state index contributed by atoms with van der Waals surface area (Å²) in [6.45, 7) is 0. The van der Waals surface area contributed by atoms with E-state index in [0.29, 0.717) is 5.88 Å². The monoisotopic (exact) mass is 269 g/mol. The first-order chi connectivity index (χ1) is 9.36. The lowest BCUT2D eigenvalue weighted by molar-refractivity contribution is 0.488. The second kappa shape index (κ2) is 5.29. The average Bonchev–Trinajstić information content (AvgIpc) is 2.48. The Morgan fingerprint density at radius 3 is 2.79 bits per heavy atom. The molecule has 0 amide bonds. The van der Waals surface area contributed by atoms with Crippen LogP contribution in [0.2, 0.25) is 0 Å². The maximum absolute atomic E-state index is 5.94. The Morgan fingerprint density at radius 2 is 1.89 bits per heavy atom. The Labute approximate surface area is 116 Å². The fourth-order valence-electron chi connectivity index (χ4n) is 1.98. The number of halogens is 1. The van der Waals surface area contributed by atoms with Crippen LogP contribution >= 0.6 is 11.6 Å². The Morgan fingerprint density at radius 1 is 1.00 bits per heavy atom. The third kappa shape index (κ3) is 2.54. The highest BCUT2D eigenvalue weighted by Crippen LogP contribution is 2.29. The molecule has 0 spiro atoms. The summed E-state index contributed by atoms with van der Waals surface area (Å²) in [6.07, 6.45) is 1.78. The van der Waals surface area contributed by atoms with Gasteiger partial charge < -0.3 is 4.74 Å². The van der Waals surface area contributed by atoms with Gasteiger partial charge in [-0.05, 0) is 42.0 Å². The lowest BCUT2D eigenvalue weighted by atomic mass is 10.2. The summed E-state index contributed by atoms with van der Waals surface area (Å²) in [7, 11) is 0. The molecule has 0 fully saturated rings. The van der Waals surface area contributed by atoms with Crippen LogP contribution in [0.1, 0.15) is 5.56 Å². The molecule has 19 heavy (non-hydrogen) atoms. The second-order valence-electron chi connectivity index (χ2n) is 4.21. The van der Waals surface area contributed by atoms with E-state index >= 15 is 0 Å². The normalized spacial score (nSPS) is 10.6. The van der Waals surface area contributed by atoms with E-state index < -0.39 is 0 Å². The standard InChI is InChI=1S/C16H12ClNO/c17-11-12-4-1-5-13(10-12)19-16-8-2-7-15-14(16)6-3-9-18-15/h1-10H,11H2.